The molecule has 17 heavy (non-hydrogen) atoms. The van der Waals surface area contributed by atoms with Gasteiger partial charge in [0.05, 0.1) is 12.8 Å². The van der Waals surface area contributed by atoms with Crippen LogP contribution >= 0.6 is 0 Å². The van der Waals surface area contributed by atoms with Crippen LogP contribution in [0.2, 0.25) is 0 Å². The first kappa shape index (κ1) is 11.9. The van der Waals surface area contributed by atoms with Crippen LogP contribution < -0.4 is 9.64 Å². The summed E-state index contributed by atoms with van der Waals surface area (Å²) in [6.07, 6.45) is -1.52. The summed E-state index contributed by atoms with van der Waals surface area (Å²) in [4.78, 5) is 13.0. The van der Waals surface area contributed by atoms with Crippen molar-refractivity contribution in [3.05, 3.63) is 23.8 Å². The predicted molar refractivity (Wildman–Crippen MR) is 61.9 cm³/mol. The predicted octanol–water partition coefficient (Wildman–Crippen LogP) is 1.07. The molecule has 1 aliphatic heterocycles. The normalized spacial score (nSPS) is 22.5. The van der Waals surface area contributed by atoms with Gasteiger partial charge in [0, 0.05) is 19.6 Å². The van der Waals surface area contributed by atoms with Crippen LogP contribution in [0.4, 0.5) is 5.69 Å². The third-order valence-electron chi connectivity index (χ3n) is 2.92. The highest BCUT2D eigenvalue weighted by atomic mass is 16.5. The maximum atomic E-state index is 11.6. The molecule has 1 aliphatic rings. The minimum absolute atomic E-state index is 0.167. The molecule has 0 aromatic heterocycles. The van der Waals surface area contributed by atoms with Crippen molar-refractivity contribution >= 4 is 11.6 Å². The average Bonchev–Trinajstić information content (AvgIpc) is 2.61. The highest BCUT2D eigenvalue weighted by molar-refractivity contribution is 5.94. The molecule has 5 heteroatoms. The summed E-state index contributed by atoms with van der Waals surface area (Å²) in [6.45, 7) is 1.44. The number of hydrogen-bond acceptors (Lipinski definition) is 4. The molecule has 1 aromatic carbocycles. The van der Waals surface area contributed by atoms with Gasteiger partial charge in [0.25, 0.3) is 0 Å². The Bertz CT molecular complexity index is 446. The van der Waals surface area contributed by atoms with Gasteiger partial charge < -0.3 is 14.6 Å². The van der Waals surface area contributed by atoms with E-state index in [1.165, 1.54) is 18.9 Å². The van der Waals surface area contributed by atoms with E-state index in [0.717, 1.165) is 0 Å². The van der Waals surface area contributed by atoms with Crippen LogP contribution in [0.25, 0.3) is 0 Å². The van der Waals surface area contributed by atoms with Crippen molar-refractivity contribution in [1.29, 1.82) is 0 Å². The zero-order valence-corrected chi connectivity index (χ0v) is 10.0. The Labute approximate surface area is 99.6 Å². The Kier molecular flexibility index (Phi) is 3.04. The third kappa shape index (κ3) is 1.77. The van der Waals surface area contributed by atoms with E-state index in [1.807, 2.05) is 0 Å². The summed E-state index contributed by atoms with van der Waals surface area (Å²) >= 11 is 0. The second-order valence-electron chi connectivity index (χ2n) is 3.88. The van der Waals surface area contributed by atoms with Gasteiger partial charge in [0.2, 0.25) is 5.91 Å². The Balaban J connectivity index is 2.50. The summed E-state index contributed by atoms with van der Waals surface area (Å²) in [5.41, 5.74) is 1.31. The minimum Gasteiger partial charge on any atom is -0.497 e. The number of anilines is 1. The molecule has 1 aromatic rings. The molecule has 5 nitrogen and oxygen atoms in total. The van der Waals surface area contributed by atoms with Crippen molar-refractivity contribution in [3.63, 3.8) is 0 Å². The van der Waals surface area contributed by atoms with Gasteiger partial charge in [-0.3, -0.25) is 9.69 Å². The molecule has 0 aliphatic carbocycles. The summed E-state index contributed by atoms with van der Waals surface area (Å²) in [5, 5.41) is 10.1. The molecule has 92 valence electrons. The number of methoxy groups -OCH3 is 2. The van der Waals surface area contributed by atoms with Crippen LogP contribution in [0.3, 0.4) is 0 Å². The van der Waals surface area contributed by atoms with Crippen molar-refractivity contribution in [2.75, 3.05) is 19.1 Å². The third-order valence-corrected chi connectivity index (χ3v) is 2.92. The topological polar surface area (TPSA) is 59.0 Å². The fraction of sp³-hybridized carbons (Fsp3) is 0.417. The summed E-state index contributed by atoms with van der Waals surface area (Å²) in [6, 6.07) is 5.21. The second-order valence-corrected chi connectivity index (χ2v) is 3.88. The highest BCUT2D eigenvalue weighted by Gasteiger charge is 2.40. The lowest BCUT2D eigenvalue weighted by Crippen LogP contribution is -2.39. The van der Waals surface area contributed by atoms with Crippen LogP contribution in [0, 0.1) is 0 Å². The van der Waals surface area contributed by atoms with Gasteiger partial charge in [-0.05, 0) is 18.2 Å². The van der Waals surface area contributed by atoms with Crippen LogP contribution in [0.1, 0.15) is 18.6 Å². The monoisotopic (exact) mass is 237 g/mol. The van der Waals surface area contributed by atoms with Gasteiger partial charge >= 0.3 is 0 Å². The molecule has 0 unspecified atom stereocenters. The quantitative estimate of drug-likeness (QED) is 0.835. The van der Waals surface area contributed by atoms with Gasteiger partial charge in [-0.2, -0.15) is 0 Å². The van der Waals surface area contributed by atoms with Gasteiger partial charge in [0.1, 0.15) is 11.9 Å². The summed E-state index contributed by atoms with van der Waals surface area (Å²) < 4.78 is 10.3. The average molecular weight is 237 g/mol. The van der Waals surface area contributed by atoms with Crippen LogP contribution in [0.5, 0.6) is 5.75 Å². The van der Waals surface area contributed by atoms with Crippen molar-refractivity contribution < 1.29 is 19.4 Å². The Hall–Kier alpha value is -1.59. The first-order chi connectivity index (χ1) is 8.10. The van der Waals surface area contributed by atoms with Gasteiger partial charge in [-0.15, -0.1) is 0 Å². The van der Waals surface area contributed by atoms with Gasteiger partial charge in [-0.25, -0.2) is 0 Å². The van der Waals surface area contributed by atoms with Crippen molar-refractivity contribution in [2.24, 2.45) is 0 Å². The molecule has 1 N–H and O–H groups in total. The molecule has 0 spiro atoms. The molecule has 0 fully saturated rings. The lowest BCUT2D eigenvalue weighted by molar-refractivity contribution is -0.120. The van der Waals surface area contributed by atoms with E-state index >= 15 is 0 Å². The SMILES string of the molecule is COc1ccc2c(c1)[C@H](O)[C@@H](OC)N2C(C)=O. The lowest BCUT2D eigenvalue weighted by atomic mass is 10.1. The smallest absolute Gasteiger partial charge is 0.226 e. The Morgan fingerprint density at radius 3 is 2.65 bits per heavy atom. The number of aliphatic hydroxyl groups is 1. The number of carbonyl (C=O) groups is 1. The van der Waals surface area contributed by atoms with Crippen LogP contribution in [-0.4, -0.2) is 31.5 Å². The van der Waals surface area contributed by atoms with Crippen LogP contribution in [-0.2, 0) is 9.53 Å². The number of fused-ring (bicyclic) bond motifs is 1. The molecule has 0 radical (unpaired) electrons. The lowest BCUT2D eigenvalue weighted by Gasteiger charge is -2.23. The van der Waals surface area contributed by atoms with Crippen LogP contribution in [0.15, 0.2) is 18.2 Å². The van der Waals surface area contributed by atoms with Crippen molar-refractivity contribution in [2.45, 2.75) is 19.3 Å². The molecule has 2 atom stereocenters. The van der Waals surface area contributed by atoms with E-state index in [1.54, 1.807) is 25.3 Å². The van der Waals surface area contributed by atoms with E-state index in [0.29, 0.717) is 17.0 Å². The maximum absolute atomic E-state index is 11.6. The number of rotatable bonds is 2. The first-order valence-electron chi connectivity index (χ1n) is 5.28. The molecular weight excluding hydrogens is 222 g/mol. The largest absolute Gasteiger partial charge is 0.497 e. The van der Waals surface area contributed by atoms with E-state index in [4.69, 9.17) is 9.47 Å². The van der Waals surface area contributed by atoms with E-state index in [2.05, 4.69) is 0 Å². The molecule has 2 rings (SSSR count). The fourth-order valence-corrected chi connectivity index (χ4v) is 2.13. The number of nitrogens with zero attached hydrogens (tertiary/aromatic N) is 1. The zero-order chi connectivity index (χ0) is 12.6. The zero-order valence-electron chi connectivity index (χ0n) is 10.0. The number of benzene rings is 1. The summed E-state index contributed by atoms with van der Waals surface area (Å²) in [5.74, 6) is 0.475. The number of carbonyl (C=O) groups excluding carboxylic acids is 1. The number of ether oxygens (including phenoxy) is 2. The first-order valence-corrected chi connectivity index (χ1v) is 5.28. The van der Waals surface area contributed by atoms with Crippen molar-refractivity contribution in [3.8, 4) is 5.75 Å². The second kappa shape index (κ2) is 4.35. The van der Waals surface area contributed by atoms with Gasteiger partial charge in [0.15, 0.2) is 6.23 Å². The number of amides is 1. The van der Waals surface area contributed by atoms with E-state index in [-0.39, 0.29) is 5.91 Å². The molecule has 1 heterocycles. The molecule has 0 saturated carbocycles. The number of aliphatic hydroxyl groups excluding tert-OH is 1. The van der Waals surface area contributed by atoms with Crippen molar-refractivity contribution in [1.82, 2.24) is 0 Å². The molecule has 1 amide bonds. The highest BCUT2D eigenvalue weighted by Crippen LogP contribution is 2.41. The van der Waals surface area contributed by atoms with E-state index in [9.17, 15) is 9.90 Å². The maximum Gasteiger partial charge on any atom is 0.226 e. The molecule has 0 saturated heterocycles. The summed E-state index contributed by atoms with van der Waals surface area (Å²) in [7, 11) is 3.02. The van der Waals surface area contributed by atoms with Gasteiger partial charge in [-0.1, -0.05) is 0 Å². The Morgan fingerprint density at radius 2 is 2.12 bits per heavy atom. The molecular formula is C12H15NO4. The number of hydrogen-bond donors (Lipinski definition) is 1. The fourth-order valence-electron chi connectivity index (χ4n) is 2.13. The standard InChI is InChI=1S/C12H15NO4/c1-7(14)13-10-5-4-8(16-2)6-9(10)11(15)12(13)17-3/h4-6,11-12,15H,1-3H3/t11-,12+/m0/s1. The van der Waals surface area contributed by atoms with E-state index < -0.39 is 12.3 Å². The Morgan fingerprint density at radius 1 is 1.41 bits per heavy atom. The minimum atomic E-state index is -0.853. The molecule has 0 bridgehead atoms.